The summed E-state index contributed by atoms with van der Waals surface area (Å²) in [7, 11) is 1.68. The molecule has 0 bridgehead atoms. The van der Waals surface area contributed by atoms with Crippen molar-refractivity contribution in [2.45, 2.75) is 18.2 Å². The zero-order valence-corrected chi connectivity index (χ0v) is 14.2. The Kier molecular flexibility index (Phi) is 4.87. The van der Waals surface area contributed by atoms with E-state index < -0.39 is 0 Å². The Morgan fingerprint density at radius 1 is 1.28 bits per heavy atom. The van der Waals surface area contributed by atoms with Crippen molar-refractivity contribution in [2.24, 2.45) is 0 Å². The van der Waals surface area contributed by atoms with Gasteiger partial charge in [0.15, 0.2) is 0 Å². The van der Waals surface area contributed by atoms with Crippen LogP contribution < -0.4 is 4.74 Å². The highest BCUT2D eigenvalue weighted by Crippen LogP contribution is 2.38. The van der Waals surface area contributed by atoms with Gasteiger partial charge in [0.2, 0.25) is 0 Å². The SMILES string of the molecule is CCc1ccc(C(Br)c2ccc(OC)c(Br)c2)s1. The number of rotatable bonds is 4. The van der Waals surface area contributed by atoms with Gasteiger partial charge in [-0.1, -0.05) is 28.9 Å². The molecule has 4 heteroatoms. The molecule has 0 saturated carbocycles. The number of hydrogen-bond donors (Lipinski definition) is 0. The lowest BCUT2D eigenvalue weighted by Gasteiger charge is -2.10. The molecule has 0 spiro atoms. The van der Waals surface area contributed by atoms with Gasteiger partial charge in [-0.25, -0.2) is 0 Å². The summed E-state index contributed by atoms with van der Waals surface area (Å²) in [6.45, 7) is 2.18. The summed E-state index contributed by atoms with van der Waals surface area (Å²) in [5.74, 6) is 0.860. The van der Waals surface area contributed by atoms with Crippen LogP contribution in [0.25, 0.3) is 0 Å². The summed E-state index contributed by atoms with van der Waals surface area (Å²) < 4.78 is 6.23. The predicted octanol–water partition coefficient (Wildman–Crippen LogP) is 5.57. The number of ether oxygens (including phenoxy) is 1. The van der Waals surface area contributed by atoms with Crippen LogP contribution in [0.5, 0.6) is 5.75 Å². The molecule has 0 saturated heterocycles. The molecule has 0 radical (unpaired) electrons. The normalized spacial score (nSPS) is 12.4. The van der Waals surface area contributed by atoms with E-state index in [0.717, 1.165) is 16.6 Å². The maximum Gasteiger partial charge on any atom is 0.133 e. The molecule has 0 amide bonds. The zero-order chi connectivity index (χ0) is 13.1. The van der Waals surface area contributed by atoms with Crippen LogP contribution in [0.15, 0.2) is 34.8 Å². The minimum Gasteiger partial charge on any atom is -0.496 e. The Morgan fingerprint density at radius 2 is 2.06 bits per heavy atom. The van der Waals surface area contributed by atoms with Crippen molar-refractivity contribution in [1.82, 2.24) is 0 Å². The van der Waals surface area contributed by atoms with E-state index >= 15 is 0 Å². The van der Waals surface area contributed by atoms with Gasteiger partial charge in [0.05, 0.1) is 16.4 Å². The van der Waals surface area contributed by atoms with Crippen molar-refractivity contribution < 1.29 is 4.74 Å². The number of thiophene rings is 1. The van der Waals surface area contributed by atoms with Crippen molar-refractivity contribution in [3.63, 3.8) is 0 Å². The molecule has 0 N–H and O–H groups in total. The van der Waals surface area contributed by atoms with Crippen molar-refractivity contribution in [3.05, 3.63) is 50.1 Å². The molecule has 18 heavy (non-hydrogen) atoms. The van der Waals surface area contributed by atoms with Crippen molar-refractivity contribution in [2.75, 3.05) is 7.11 Å². The number of methoxy groups -OCH3 is 1. The Balaban J connectivity index is 2.27. The molecule has 96 valence electrons. The highest BCUT2D eigenvalue weighted by molar-refractivity contribution is 9.10. The van der Waals surface area contributed by atoms with E-state index in [1.54, 1.807) is 7.11 Å². The Hall–Kier alpha value is -0.320. The number of benzene rings is 1. The lowest BCUT2D eigenvalue weighted by molar-refractivity contribution is 0.412. The van der Waals surface area contributed by atoms with Gasteiger partial charge >= 0.3 is 0 Å². The van der Waals surface area contributed by atoms with Crippen LogP contribution in [0.2, 0.25) is 0 Å². The molecule has 0 aliphatic carbocycles. The first-order valence-electron chi connectivity index (χ1n) is 5.71. The molecule has 1 aromatic carbocycles. The van der Waals surface area contributed by atoms with Gasteiger partial charge in [-0.15, -0.1) is 11.3 Å². The summed E-state index contributed by atoms with van der Waals surface area (Å²) in [5.41, 5.74) is 1.23. The Bertz CT molecular complexity index is 536. The minimum absolute atomic E-state index is 0.241. The number of aryl methyl sites for hydroxylation is 1. The molecule has 1 unspecified atom stereocenters. The van der Waals surface area contributed by atoms with E-state index in [9.17, 15) is 0 Å². The van der Waals surface area contributed by atoms with Crippen LogP contribution in [0.3, 0.4) is 0 Å². The minimum atomic E-state index is 0.241. The van der Waals surface area contributed by atoms with Gasteiger partial charge in [-0.05, 0) is 52.2 Å². The molecular formula is C14H14Br2OS. The maximum atomic E-state index is 5.25. The quantitative estimate of drug-likeness (QED) is 0.621. The third kappa shape index (κ3) is 2.98. The topological polar surface area (TPSA) is 9.23 Å². The lowest BCUT2D eigenvalue weighted by Crippen LogP contribution is -1.91. The number of alkyl halides is 1. The molecule has 0 fully saturated rings. The number of halogens is 2. The molecule has 2 rings (SSSR count). The van der Waals surface area contributed by atoms with Crippen LogP contribution in [0, 0.1) is 0 Å². The molecule has 1 nitrogen and oxygen atoms in total. The van der Waals surface area contributed by atoms with E-state index in [2.05, 4.69) is 63.0 Å². The third-order valence-electron chi connectivity index (χ3n) is 2.75. The second-order valence-electron chi connectivity index (χ2n) is 3.91. The smallest absolute Gasteiger partial charge is 0.133 e. The average molecular weight is 390 g/mol. The molecule has 1 heterocycles. The van der Waals surface area contributed by atoms with Crippen LogP contribution in [-0.4, -0.2) is 7.11 Å². The highest BCUT2D eigenvalue weighted by Gasteiger charge is 2.14. The first-order chi connectivity index (χ1) is 8.65. The molecule has 0 aliphatic rings. The lowest BCUT2D eigenvalue weighted by atomic mass is 10.1. The molecular weight excluding hydrogens is 376 g/mol. The molecule has 1 atom stereocenters. The van der Waals surface area contributed by atoms with Gasteiger partial charge in [-0.2, -0.15) is 0 Å². The molecule has 1 aromatic heterocycles. The third-order valence-corrected chi connectivity index (χ3v) is 5.99. The van der Waals surface area contributed by atoms with Crippen LogP contribution in [-0.2, 0) is 6.42 Å². The largest absolute Gasteiger partial charge is 0.496 e. The second-order valence-corrected chi connectivity index (χ2v) is 6.88. The fourth-order valence-corrected chi connectivity index (χ4v) is 3.96. The van der Waals surface area contributed by atoms with Crippen molar-refractivity contribution in [3.8, 4) is 5.75 Å². The van der Waals surface area contributed by atoms with Gasteiger partial charge in [0.1, 0.15) is 5.75 Å². The highest BCUT2D eigenvalue weighted by atomic mass is 79.9. The van der Waals surface area contributed by atoms with Gasteiger partial charge in [0.25, 0.3) is 0 Å². The first kappa shape index (κ1) is 14.1. The van der Waals surface area contributed by atoms with Crippen LogP contribution in [0.1, 0.15) is 27.1 Å². The Labute approximate surface area is 128 Å². The fourth-order valence-electron chi connectivity index (χ4n) is 1.73. The summed E-state index contributed by atoms with van der Waals surface area (Å²) in [6.07, 6.45) is 1.09. The second kappa shape index (κ2) is 6.22. The van der Waals surface area contributed by atoms with Crippen molar-refractivity contribution in [1.29, 1.82) is 0 Å². The Morgan fingerprint density at radius 3 is 2.61 bits per heavy atom. The van der Waals surface area contributed by atoms with E-state index in [1.807, 2.05) is 17.4 Å². The standard InChI is InChI=1S/C14H14Br2OS/c1-3-10-5-7-13(18-10)14(16)9-4-6-12(17-2)11(15)8-9/h4-8,14H,3H2,1-2H3. The fraction of sp³-hybridized carbons (Fsp3) is 0.286. The average Bonchev–Trinajstić information content (AvgIpc) is 2.86. The zero-order valence-electron chi connectivity index (χ0n) is 10.2. The summed E-state index contributed by atoms with van der Waals surface area (Å²) in [5, 5.41) is 0. The van der Waals surface area contributed by atoms with Crippen LogP contribution in [0.4, 0.5) is 0 Å². The predicted molar refractivity (Wildman–Crippen MR) is 85.2 cm³/mol. The van der Waals surface area contributed by atoms with Gasteiger partial charge in [0, 0.05) is 9.75 Å². The maximum absolute atomic E-state index is 5.25. The molecule has 0 aliphatic heterocycles. The van der Waals surface area contributed by atoms with Crippen molar-refractivity contribution >= 4 is 43.2 Å². The van der Waals surface area contributed by atoms with Gasteiger partial charge < -0.3 is 4.74 Å². The summed E-state index contributed by atoms with van der Waals surface area (Å²) >= 11 is 9.15. The monoisotopic (exact) mass is 388 g/mol. The summed E-state index contributed by atoms with van der Waals surface area (Å²) in [6, 6.07) is 10.6. The van der Waals surface area contributed by atoms with E-state index in [1.165, 1.54) is 15.3 Å². The first-order valence-corrected chi connectivity index (χ1v) is 8.24. The van der Waals surface area contributed by atoms with Gasteiger partial charge in [-0.3, -0.25) is 0 Å². The van der Waals surface area contributed by atoms with E-state index in [0.29, 0.717) is 0 Å². The van der Waals surface area contributed by atoms with E-state index in [4.69, 9.17) is 4.74 Å². The van der Waals surface area contributed by atoms with E-state index in [-0.39, 0.29) is 4.83 Å². The summed E-state index contributed by atoms with van der Waals surface area (Å²) in [4.78, 5) is 3.00. The number of hydrogen-bond acceptors (Lipinski definition) is 2. The van der Waals surface area contributed by atoms with Crippen LogP contribution >= 0.6 is 43.2 Å². The molecule has 2 aromatic rings.